The normalized spacial score (nSPS) is 26.8. The van der Waals surface area contributed by atoms with Crippen LogP contribution in [-0.4, -0.2) is 54.8 Å². The number of likely N-dealkylation sites (tertiary alicyclic amines) is 1. The number of ether oxygens (including phenoxy) is 2. The van der Waals surface area contributed by atoms with Crippen molar-refractivity contribution in [2.75, 3.05) is 31.2 Å². The van der Waals surface area contributed by atoms with Crippen LogP contribution >= 0.6 is 23.2 Å². The monoisotopic (exact) mass is 384 g/mol. The van der Waals surface area contributed by atoms with Gasteiger partial charge in [-0.25, -0.2) is 4.90 Å². The van der Waals surface area contributed by atoms with E-state index in [4.69, 9.17) is 32.7 Å². The quantitative estimate of drug-likeness (QED) is 0.733. The Hall–Kier alpha value is -1.18. The van der Waals surface area contributed by atoms with Gasteiger partial charge in [-0.2, -0.15) is 0 Å². The van der Waals surface area contributed by atoms with Gasteiger partial charge in [-0.1, -0.05) is 23.2 Å². The maximum Gasteiger partial charge on any atom is 0.251 e. The van der Waals surface area contributed by atoms with Crippen LogP contribution in [0.3, 0.4) is 0 Å². The molecule has 0 bridgehead atoms. The number of imide groups is 1. The van der Waals surface area contributed by atoms with Crippen LogP contribution in [0.25, 0.3) is 0 Å². The van der Waals surface area contributed by atoms with E-state index in [-0.39, 0.29) is 18.2 Å². The number of carbonyl (C=O) groups excluding carboxylic acids is 2. The molecule has 6 nitrogen and oxygen atoms in total. The van der Waals surface area contributed by atoms with Gasteiger partial charge < -0.3 is 9.47 Å². The summed E-state index contributed by atoms with van der Waals surface area (Å²) >= 11 is 11.9. The summed E-state index contributed by atoms with van der Waals surface area (Å²) in [5, 5.41) is 0.706. The van der Waals surface area contributed by atoms with Gasteiger partial charge in [-0.3, -0.25) is 14.5 Å². The second-order valence-electron chi connectivity index (χ2n) is 6.53. The molecule has 1 aromatic rings. The summed E-state index contributed by atoms with van der Waals surface area (Å²) in [6.45, 7) is 2.57. The molecule has 3 aliphatic heterocycles. The molecule has 3 aliphatic rings. The molecule has 134 valence electrons. The van der Waals surface area contributed by atoms with Crippen LogP contribution in [0.5, 0.6) is 0 Å². The third kappa shape index (κ3) is 3.06. The number of hydrogen-bond donors (Lipinski definition) is 0. The zero-order valence-electron chi connectivity index (χ0n) is 13.5. The van der Waals surface area contributed by atoms with Gasteiger partial charge in [0, 0.05) is 25.9 Å². The first-order valence-electron chi connectivity index (χ1n) is 8.33. The largest absolute Gasteiger partial charge is 0.347 e. The fraction of sp³-hybridized carbons (Fsp3) is 0.529. The highest BCUT2D eigenvalue weighted by molar-refractivity contribution is 6.42. The van der Waals surface area contributed by atoms with Gasteiger partial charge in [-0.15, -0.1) is 0 Å². The lowest BCUT2D eigenvalue weighted by atomic mass is 10.0. The summed E-state index contributed by atoms with van der Waals surface area (Å²) in [7, 11) is 0. The molecule has 0 aliphatic carbocycles. The first kappa shape index (κ1) is 17.2. The zero-order valence-corrected chi connectivity index (χ0v) is 15.1. The van der Waals surface area contributed by atoms with Crippen LogP contribution in [0.15, 0.2) is 18.2 Å². The molecule has 3 heterocycles. The van der Waals surface area contributed by atoms with Gasteiger partial charge in [0.1, 0.15) is 0 Å². The number of amides is 2. The maximum absolute atomic E-state index is 12.8. The highest BCUT2D eigenvalue weighted by Gasteiger charge is 2.47. The molecule has 8 heteroatoms. The average Bonchev–Trinajstić information content (AvgIpc) is 3.16. The van der Waals surface area contributed by atoms with Gasteiger partial charge in [0.25, 0.3) is 5.91 Å². The van der Waals surface area contributed by atoms with Gasteiger partial charge in [0.2, 0.25) is 5.91 Å². The van der Waals surface area contributed by atoms with Gasteiger partial charge in [0.05, 0.1) is 41.4 Å². The van der Waals surface area contributed by atoms with Crippen molar-refractivity contribution in [2.24, 2.45) is 0 Å². The van der Waals surface area contributed by atoms with Crippen molar-refractivity contribution < 1.29 is 19.1 Å². The first-order chi connectivity index (χ1) is 12.0. The molecule has 3 saturated heterocycles. The minimum absolute atomic E-state index is 0.174. The molecule has 0 saturated carbocycles. The van der Waals surface area contributed by atoms with Gasteiger partial charge in [-0.05, 0) is 18.2 Å². The minimum Gasteiger partial charge on any atom is -0.347 e. The van der Waals surface area contributed by atoms with Crippen molar-refractivity contribution in [3.8, 4) is 0 Å². The third-order valence-electron chi connectivity index (χ3n) is 5.10. The molecule has 0 N–H and O–H groups in total. The molecule has 2 amide bonds. The number of rotatable bonds is 2. The second kappa shape index (κ2) is 6.52. The SMILES string of the molecule is O=C1CC(N2CCC3(CC2)OCCO3)C(=O)N1c1ccc(Cl)c(Cl)c1. The standard InChI is InChI=1S/C17H18Cl2N2O4/c18-12-2-1-11(9-13(12)19)21-15(22)10-14(16(21)23)20-5-3-17(4-6-20)24-7-8-25-17/h1-2,9,14H,3-8,10H2. The summed E-state index contributed by atoms with van der Waals surface area (Å²) in [6.07, 6.45) is 1.59. The predicted molar refractivity (Wildman–Crippen MR) is 92.8 cm³/mol. The van der Waals surface area contributed by atoms with Crippen molar-refractivity contribution in [3.63, 3.8) is 0 Å². The van der Waals surface area contributed by atoms with E-state index in [1.54, 1.807) is 18.2 Å². The second-order valence-corrected chi connectivity index (χ2v) is 7.34. The van der Waals surface area contributed by atoms with Gasteiger partial charge >= 0.3 is 0 Å². The number of anilines is 1. The van der Waals surface area contributed by atoms with E-state index in [9.17, 15) is 9.59 Å². The number of hydrogen-bond acceptors (Lipinski definition) is 5. The average molecular weight is 385 g/mol. The van der Waals surface area contributed by atoms with Crippen LogP contribution in [-0.2, 0) is 19.1 Å². The maximum atomic E-state index is 12.8. The van der Waals surface area contributed by atoms with Crippen LogP contribution < -0.4 is 4.90 Å². The molecule has 1 spiro atoms. The first-order valence-corrected chi connectivity index (χ1v) is 9.08. The smallest absolute Gasteiger partial charge is 0.251 e. The lowest BCUT2D eigenvalue weighted by molar-refractivity contribution is -0.188. The lowest BCUT2D eigenvalue weighted by Crippen LogP contribution is -2.51. The summed E-state index contributed by atoms with van der Waals surface area (Å²) in [4.78, 5) is 28.5. The lowest BCUT2D eigenvalue weighted by Gasteiger charge is -2.39. The molecule has 1 unspecified atom stereocenters. The number of carbonyl (C=O) groups is 2. The van der Waals surface area contributed by atoms with Crippen molar-refractivity contribution in [1.82, 2.24) is 4.90 Å². The molecule has 0 radical (unpaired) electrons. The zero-order chi connectivity index (χ0) is 17.6. The number of benzene rings is 1. The molecule has 25 heavy (non-hydrogen) atoms. The van der Waals surface area contributed by atoms with E-state index in [2.05, 4.69) is 0 Å². The molecule has 4 rings (SSSR count). The summed E-state index contributed by atoms with van der Waals surface area (Å²) in [5.74, 6) is -0.930. The Bertz CT molecular complexity index is 711. The molecule has 0 aromatic heterocycles. The van der Waals surface area contributed by atoms with Crippen molar-refractivity contribution in [2.45, 2.75) is 31.1 Å². The van der Waals surface area contributed by atoms with Crippen molar-refractivity contribution in [1.29, 1.82) is 0 Å². The third-order valence-corrected chi connectivity index (χ3v) is 5.84. The molecule has 1 atom stereocenters. The highest BCUT2D eigenvalue weighted by Crippen LogP contribution is 2.35. The summed E-state index contributed by atoms with van der Waals surface area (Å²) in [5.41, 5.74) is 0.461. The molecular weight excluding hydrogens is 367 g/mol. The Morgan fingerprint density at radius 2 is 1.72 bits per heavy atom. The Labute approximate surface area is 155 Å². The Balaban J connectivity index is 1.48. The summed E-state index contributed by atoms with van der Waals surface area (Å²) < 4.78 is 11.4. The van der Waals surface area contributed by atoms with E-state index in [1.165, 1.54) is 4.90 Å². The van der Waals surface area contributed by atoms with Crippen LogP contribution in [0, 0.1) is 0 Å². The van der Waals surface area contributed by atoms with Crippen molar-refractivity contribution >= 4 is 40.7 Å². The topological polar surface area (TPSA) is 59.1 Å². The van der Waals surface area contributed by atoms with Crippen LogP contribution in [0.4, 0.5) is 5.69 Å². The van der Waals surface area contributed by atoms with E-state index >= 15 is 0 Å². The molecule has 3 fully saturated rings. The van der Waals surface area contributed by atoms with Crippen LogP contribution in [0.2, 0.25) is 10.0 Å². The van der Waals surface area contributed by atoms with Gasteiger partial charge in [0.15, 0.2) is 5.79 Å². The molecule has 1 aromatic carbocycles. The summed E-state index contributed by atoms with van der Waals surface area (Å²) in [6, 6.07) is 4.33. The Kier molecular flexibility index (Phi) is 4.50. The fourth-order valence-electron chi connectivity index (χ4n) is 3.76. The molecular formula is C17H18Cl2N2O4. The Morgan fingerprint density at radius 1 is 1.04 bits per heavy atom. The van der Waals surface area contributed by atoms with E-state index in [0.717, 1.165) is 0 Å². The predicted octanol–water partition coefficient (Wildman–Crippen LogP) is 2.46. The number of piperidine rings is 1. The minimum atomic E-state index is -0.494. The fourth-order valence-corrected chi connectivity index (χ4v) is 4.05. The van der Waals surface area contributed by atoms with Crippen molar-refractivity contribution in [3.05, 3.63) is 28.2 Å². The van der Waals surface area contributed by atoms with Crippen LogP contribution in [0.1, 0.15) is 19.3 Å². The van der Waals surface area contributed by atoms with E-state index < -0.39 is 11.8 Å². The van der Waals surface area contributed by atoms with E-state index in [1.807, 2.05) is 4.90 Å². The number of halogens is 2. The van der Waals surface area contributed by atoms with E-state index in [0.29, 0.717) is 54.9 Å². The Morgan fingerprint density at radius 3 is 2.36 bits per heavy atom. The highest BCUT2D eigenvalue weighted by atomic mass is 35.5. The number of nitrogens with zero attached hydrogens (tertiary/aromatic N) is 2.